The third-order valence-electron chi connectivity index (χ3n) is 6.41. The van der Waals surface area contributed by atoms with Crippen LogP contribution in [0.25, 0.3) is 10.8 Å². The lowest BCUT2D eigenvalue weighted by Crippen LogP contribution is -2.48. The summed E-state index contributed by atoms with van der Waals surface area (Å²) in [5.41, 5.74) is 1.76. The van der Waals surface area contributed by atoms with Gasteiger partial charge in [0.1, 0.15) is 6.04 Å². The smallest absolute Gasteiger partial charge is 0.340 e. The first-order valence-corrected chi connectivity index (χ1v) is 12.0. The van der Waals surface area contributed by atoms with E-state index in [0.29, 0.717) is 0 Å². The Morgan fingerprint density at radius 2 is 1.43 bits per heavy atom. The molecule has 1 aliphatic heterocycles. The van der Waals surface area contributed by atoms with Crippen LogP contribution < -0.4 is 5.32 Å². The van der Waals surface area contributed by atoms with Crippen molar-refractivity contribution in [2.24, 2.45) is 0 Å². The minimum Gasteiger partial charge on any atom is -0.462 e. The number of amides is 3. The molecule has 1 atom stereocenters. The number of anilines is 1. The molecule has 7 heteroatoms. The van der Waals surface area contributed by atoms with Crippen molar-refractivity contribution in [3.63, 3.8) is 0 Å². The zero-order valence-electron chi connectivity index (χ0n) is 20.1. The number of nitrogens with one attached hydrogen (secondary N) is 1. The summed E-state index contributed by atoms with van der Waals surface area (Å²) in [6.45, 7) is 1.88. The molecule has 7 nitrogen and oxygen atoms in total. The Labute approximate surface area is 213 Å². The molecule has 0 saturated carbocycles. The molecule has 3 amide bonds. The largest absolute Gasteiger partial charge is 0.462 e. The quantitative estimate of drug-likeness (QED) is 0.294. The summed E-state index contributed by atoms with van der Waals surface area (Å²) in [7, 11) is 0. The molecule has 0 aromatic heterocycles. The fourth-order valence-electron chi connectivity index (χ4n) is 4.67. The van der Waals surface area contributed by atoms with Crippen LogP contribution in [0.1, 0.15) is 43.6 Å². The van der Waals surface area contributed by atoms with Crippen molar-refractivity contribution in [2.75, 3.05) is 11.9 Å². The van der Waals surface area contributed by atoms with Crippen molar-refractivity contribution in [1.29, 1.82) is 0 Å². The van der Waals surface area contributed by atoms with Gasteiger partial charge in [-0.25, -0.2) is 4.79 Å². The van der Waals surface area contributed by atoms with Gasteiger partial charge in [-0.3, -0.25) is 19.3 Å². The van der Waals surface area contributed by atoms with E-state index in [1.54, 1.807) is 55.5 Å². The summed E-state index contributed by atoms with van der Waals surface area (Å²) >= 11 is 0. The van der Waals surface area contributed by atoms with Crippen LogP contribution in [0.3, 0.4) is 0 Å². The molecule has 0 saturated heterocycles. The van der Waals surface area contributed by atoms with Crippen molar-refractivity contribution in [2.45, 2.75) is 19.4 Å². The number of esters is 1. The van der Waals surface area contributed by atoms with E-state index in [0.717, 1.165) is 21.2 Å². The van der Waals surface area contributed by atoms with Crippen molar-refractivity contribution in [3.05, 3.63) is 113 Å². The van der Waals surface area contributed by atoms with E-state index in [9.17, 15) is 19.2 Å². The highest BCUT2D eigenvalue weighted by Crippen LogP contribution is 2.29. The number of benzene rings is 4. The number of carbonyl (C=O) groups is 4. The number of rotatable bonds is 7. The Morgan fingerprint density at radius 3 is 2.16 bits per heavy atom. The van der Waals surface area contributed by atoms with Crippen LogP contribution in [0.2, 0.25) is 0 Å². The fraction of sp³-hybridized carbons (Fsp3) is 0.133. The maximum Gasteiger partial charge on any atom is 0.340 e. The normalized spacial score (nSPS) is 13.4. The maximum atomic E-state index is 13.8. The molecular formula is C30H24N2O5. The predicted molar refractivity (Wildman–Crippen MR) is 139 cm³/mol. The number of hydrogen-bond acceptors (Lipinski definition) is 5. The molecule has 0 aliphatic carbocycles. The number of ether oxygens (including phenoxy) is 1. The first kappa shape index (κ1) is 23.9. The Balaban J connectivity index is 1.55. The van der Waals surface area contributed by atoms with Gasteiger partial charge in [-0.05, 0) is 47.5 Å². The second-order valence-electron chi connectivity index (χ2n) is 8.64. The molecule has 0 bridgehead atoms. The number of carbonyl (C=O) groups excluding carboxylic acids is 4. The molecule has 5 rings (SSSR count). The molecule has 1 heterocycles. The lowest BCUT2D eigenvalue weighted by molar-refractivity contribution is -0.119. The Hall–Kier alpha value is -4.78. The number of hydrogen-bond donors (Lipinski definition) is 1. The monoisotopic (exact) mass is 492 g/mol. The zero-order chi connectivity index (χ0) is 25.9. The number of para-hydroxylation sites is 1. The van der Waals surface area contributed by atoms with Gasteiger partial charge in [0.2, 0.25) is 5.91 Å². The average Bonchev–Trinajstić information content (AvgIpc) is 3.17. The number of nitrogens with zero attached hydrogens (tertiary/aromatic N) is 1. The SMILES string of the molecule is CCOC(=O)c1ccccc1NC(=O)C(Cc1cccc2ccccc12)N1C(=O)c2ccccc2C1=O. The zero-order valence-corrected chi connectivity index (χ0v) is 20.1. The molecule has 0 fully saturated rings. The highest BCUT2D eigenvalue weighted by molar-refractivity contribution is 6.23. The second-order valence-corrected chi connectivity index (χ2v) is 8.64. The van der Waals surface area contributed by atoms with Crippen LogP contribution in [0.15, 0.2) is 91.0 Å². The molecule has 0 spiro atoms. The van der Waals surface area contributed by atoms with E-state index in [4.69, 9.17) is 4.74 Å². The van der Waals surface area contributed by atoms with Crippen LogP contribution in [-0.4, -0.2) is 41.2 Å². The summed E-state index contributed by atoms with van der Waals surface area (Å²) < 4.78 is 5.12. The Kier molecular flexibility index (Phi) is 6.51. The van der Waals surface area contributed by atoms with Gasteiger partial charge in [-0.15, -0.1) is 0 Å². The topological polar surface area (TPSA) is 92.8 Å². The molecule has 1 aliphatic rings. The molecule has 37 heavy (non-hydrogen) atoms. The van der Waals surface area contributed by atoms with Crippen LogP contribution in [-0.2, 0) is 16.0 Å². The number of fused-ring (bicyclic) bond motifs is 2. The van der Waals surface area contributed by atoms with Crippen molar-refractivity contribution >= 4 is 40.2 Å². The molecule has 0 radical (unpaired) electrons. The summed E-state index contributed by atoms with van der Waals surface area (Å²) in [5, 5.41) is 4.68. The maximum absolute atomic E-state index is 13.8. The highest BCUT2D eigenvalue weighted by atomic mass is 16.5. The molecule has 1 N–H and O–H groups in total. The fourth-order valence-corrected chi connectivity index (χ4v) is 4.67. The Morgan fingerprint density at radius 1 is 0.811 bits per heavy atom. The second kappa shape index (κ2) is 10.1. The van der Waals surface area contributed by atoms with Gasteiger partial charge in [0, 0.05) is 6.42 Å². The van der Waals surface area contributed by atoms with Crippen molar-refractivity contribution in [3.8, 4) is 0 Å². The third-order valence-corrected chi connectivity index (χ3v) is 6.41. The first-order chi connectivity index (χ1) is 18.0. The lowest BCUT2D eigenvalue weighted by atomic mass is 9.97. The van der Waals surface area contributed by atoms with Crippen LogP contribution in [0, 0.1) is 0 Å². The van der Waals surface area contributed by atoms with E-state index in [-0.39, 0.29) is 35.4 Å². The summed E-state index contributed by atoms with van der Waals surface area (Å²) in [5.74, 6) is -2.22. The summed E-state index contributed by atoms with van der Waals surface area (Å²) in [4.78, 5) is 54.0. The summed E-state index contributed by atoms with van der Waals surface area (Å²) in [6.07, 6.45) is 0.0974. The molecular weight excluding hydrogens is 468 g/mol. The summed E-state index contributed by atoms with van der Waals surface area (Å²) in [6, 6.07) is 25.3. The van der Waals surface area contributed by atoms with E-state index in [2.05, 4.69) is 5.32 Å². The average molecular weight is 493 g/mol. The van der Waals surface area contributed by atoms with Gasteiger partial charge in [0.15, 0.2) is 0 Å². The number of imide groups is 1. The third kappa shape index (κ3) is 4.47. The van der Waals surface area contributed by atoms with Gasteiger partial charge in [0.25, 0.3) is 11.8 Å². The first-order valence-electron chi connectivity index (χ1n) is 12.0. The minimum absolute atomic E-state index is 0.0974. The molecule has 4 aromatic carbocycles. The van der Waals surface area contributed by atoms with E-state index < -0.39 is 29.7 Å². The lowest BCUT2D eigenvalue weighted by Gasteiger charge is -2.26. The van der Waals surface area contributed by atoms with Gasteiger partial charge in [0.05, 0.1) is 29.0 Å². The van der Waals surface area contributed by atoms with Gasteiger partial charge >= 0.3 is 5.97 Å². The van der Waals surface area contributed by atoms with Crippen LogP contribution in [0.5, 0.6) is 0 Å². The van der Waals surface area contributed by atoms with Gasteiger partial charge in [-0.1, -0.05) is 66.7 Å². The van der Waals surface area contributed by atoms with Crippen molar-refractivity contribution in [1.82, 2.24) is 4.90 Å². The molecule has 184 valence electrons. The predicted octanol–water partition coefficient (Wildman–Crippen LogP) is 4.86. The van der Waals surface area contributed by atoms with Crippen LogP contribution in [0.4, 0.5) is 5.69 Å². The molecule has 4 aromatic rings. The Bertz CT molecular complexity index is 1500. The standard InChI is InChI=1S/C30H24N2O5/c1-2-37-30(36)24-16-7-8-17-25(24)31-27(33)26(18-20-12-9-11-19-10-3-4-13-21(19)20)32-28(34)22-14-5-6-15-23(22)29(32)35/h3-17,26H,2,18H2,1H3,(H,31,33). The minimum atomic E-state index is -1.16. The highest BCUT2D eigenvalue weighted by Gasteiger charge is 2.43. The van der Waals surface area contributed by atoms with Gasteiger partial charge < -0.3 is 10.1 Å². The van der Waals surface area contributed by atoms with E-state index in [1.165, 1.54) is 0 Å². The van der Waals surface area contributed by atoms with Crippen LogP contribution >= 0.6 is 0 Å². The van der Waals surface area contributed by atoms with Crippen molar-refractivity contribution < 1.29 is 23.9 Å². The van der Waals surface area contributed by atoms with E-state index >= 15 is 0 Å². The van der Waals surface area contributed by atoms with Gasteiger partial charge in [-0.2, -0.15) is 0 Å². The van der Waals surface area contributed by atoms with E-state index in [1.807, 2.05) is 42.5 Å². The molecule has 1 unspecified atom stereocenters.